The van der Waals surface area contributed by atoms with E-state index >= 15 is 0 Å². The Morgan fingerprint density at radius 3 is 1.40 bits per heavy atom. The summed E-state index contributed by atoms with van der Waals surface area (Å²) in [5.74, 6) is -2.43. The molecule has 12 heteroatoms. The average Bonchev–Trinajstić information content (AvgIpc) is 3.25. The fraction of sp³-hybridized carbons (Fsp3) is 0.620. The SMILES string of the molecule is CC/C=C\C/C=C\C/C=C\C/C=C\C/C=C\C/C=C\CCCCCCC(=O)OCC(O)COP(=O)(O)OCC(NC(=O)CCCCCCC/C=C\C/C=C\CCCCC)C(=O)O. The van der Waals surface area contributed by atoms with Gasteiger partial charge >= 0.3 is 19.8 Å². The van der Waals surface area contributed by atoms with Crippen LogP contribution in [0.4, 0.5) is 0 Å². The van der Waals surface area contributed by atoms with E-state index in [9.17, 15) is 34.1 Å². The number of allylic oxidation sites excluding steroid dienone is 16. The van der Waals surface area contributed by atoms with Crippen LogP contribution in [0, 0.1) is 0 Å². The fourth-order valence-corrected chi connectivity index (χ4v) is 6.53. The second kappa shape index (κ2) is 44.0. The number of nitrogens with one attached hydrogen (secondary N) is 1. The summed E-state index contributed by atoms with van der Waals surface area (Å²) in [5.41, 5.74) is 0. The van der Waals surface area contributed by atoms with E-state index in [0.717, 1.165) is 109 Å². The van der Waals surface area contributed by atoms with Crippen molar-refractivity contribution in [3.63, 3.8) is 0 Å². The molecule has 0 saturated heterocycles. The Labute approximate surface area is 374 Å². The number of hydrogen-bond donors (Lipinski definition) is 4. The number of esters is 1. The molecule has 352 valence electrons. The van der Waals surface area contributed by atoms with E-state index in [1.807, 2.05) is 0 Å². The number of rotatable bonds is 42. The lowest BCUT2D eigenvalue weighted by Crippen LogP contribution is -2.43. The van der Waals surface area contributed by atoms with E-state index in [-0.39, 0.29) is 12.8 Å². The monoisotopic (exact) mass is 888 g/mol. The molecule has 3 unspecified atom stereocenters. The molecule has 0 heterocycles. The van der Waals surface area contributed by atoms with Gasteiger partial charge in [0.25, 0.3) is 0 Å². The first kappa shape index (κ1) is 58.4. The zero-order valence-electron chi connectivity index (χ0n) is 38.1. The van der Waals surface area contributed by atoms with E-state index in [1.165, 1.54) is 19.3 Å². The predicted molar refractivity (Wildman–Crippen MR) is 254 cm³/mol. The van der Waals surface area contributed by atoms with Gasteiger partial charge in [-0.3, -0.25) is 18.6 Å². The quantitative estimate of drug-likeness (QED) is 0.0200. The number of phosphoric acid groups is 1. The zero-order chi connectivity index (χ0) is 45.6. The number of phosphoric ester groups is 1. The van der Waals surface area contributed by atoms with Gasteiger partial charge in [0.1, 0.15) is 12.7 Å². The highest BCUT2D eigenvalue weighted by Crippen LogP contribution is 2.43. The number of ether oxygens (including phenoxy) is 1. The smallest absolute Gasteiger partial charge is 0.472 e. The van der Waals surface area contributed by atoms with Crippen molar-refractivity contribution in [2.24, 2.45) is 0 Å². The van der Waals surface area contributed by atoms with Crippen LogP contribution >= 0.6 is 7.82 Å². The van der Waals surface area contributed by atoms with Crippen LogP contribution in [0.3, 0.4) is 0 Å². The number of hydrogen-bond acceptors (Lipinski definition) is 8. The molecular weight excluding hydrogens is 806 g/mol. The van der Waals surface area contributed by atoms with Crippen molar-refractivity contribution in [1.82, 2.24) is 5.32 Å². The van der Waals surface area contributed by atoms with Crippen LogP contribution in [-0.2, 0) is 32.7 Å². The van der Waals surface area contributed by atoms with Gasteiger partial charge in [-0.1, -0.05) is 156 Å². The number of carbonyl (C=O) groups is 3. The van der Waals surface area contributed by atoms with Gasteiger partial charge in [0, 0.05) is 12.8 Å². The average molecular weight is 888 g/mol. The second-order valence-electron chi connectivity index (χ2n) is 15.2. The number of carboxylic acid groups (broad SMARTS) is 1. The minimum Gasteiger partial charge on any atom is -0.480 e. The molecule has 1 amide bonds. The summed E-state index contributed by atoms with van der Waals surface area (Å²) in [5, 5.41) is 21.8. The maximum atomic E-state index is 12.3. The lowest BCUT2D eigenvalue weighted by molar-refractivity contribution is -0.147. The molecule has 0 radical (unpaired) electrons. The molecule has 0 saturated carbocycles. The first-order valence-corrected chi connectivity index (χ1v) is 24.8. The highest BCUT2D eigenvalue weighted by atomic mass is 31.2. The van der Waals surface area contributed by atoms with E-state index in [2.05, 4.69) is 116 Å². The Balaban J connectivity index is 3.95. The van der Waals surface area contributed by atoms with Gasteiger partial charge in [-0.25, -0.2) is 9.36 Å². The molecule has 62 heavy (non-hydrogen) atoms. The number of amides is 1. The lowest BCUT2D eigenvalue weighted by Gasteiger charge is -2.18. The van der Waals surface area contributed by atoms with Crippen molar-refractivity contribution in [2.75, 3.05) is 19.8 Å². The number of aliphatic hydroxyl groups excluding tert-OH is 1. The molecule has 0 bridgehead atoms. The summed E-state index contributed by atoms with van der Waals surface area (Å²) in [6.07, 6.45) is 55.7. The van der Waals surface area contributed by atoms with Gasteiger partial charge in [0.05, 0.1) is 13.2 Å². The molecule has 11 nitrogen and oxygen atoms in total. The fourth-order valence-electron chi connectivity index (χ4n) is 5.76. The summed E-state index contributed by atoms with van der Waals surface area (Å²) in [6, 6.07) is -1.56. The van der Waals surface area contributed by atoms with Gasteiger partial charge in [0.15, 0.2) is 6.04 Å². The van der Waals surface area contributed by atoms with Crippen LogP contribution in [0.5, 0.6) is 0 Å². The van der Waals surface area contributed by atoms with Crippen molar-refractivity contribution in [1.29, 1.82) is 0 Å². The maximum absolute atomic E-state index is 12.3. The highest BCUT2D eigenvalue weighted by Gasteiger charge is 2.28. The topological polar surface area (TPSA) is 169 Å². The number of carboxylic acids is 1. The van der Waals surface area contributed by atoms with Crippen LogP contribution in [0.1, 0.15) is 168 Å². The molecule has 0 rings (SSSR count). The lowest BCUT2D eigenvalue weighted by atomic mass is 10.1. The molecule has 0 aliphatic rings. The first-order valence-electron chi connectivity index (χ1n) is 23.3. The maximum Gasteiger partial charge on any atom is 0.472 e. The number of unbranched alkanes of at least 4 members (excludes halogenated alkanes) is 12. The second-order valence-corrected chi connectivity index (χ2v) is 16.7. The van der Waals surface area contributed by atoms with Gasteiger partial charge < -0.3 is 25.2 Å². The summed E-state index contributed by atoms with van der Waals surface area (Å²) >= 11 is 0. The predicted octanol–water partition coefficient (Wildman–Crippen LogP) is 12.4. The normalized spacial score (nSPS) is 14.5. The first-order chi connectivity index (χ1) is 30.1. The third-order valence-electron chi connectivity index (χ3n) is 9.36. The molecule has 3 atom stereocenters. The molecule has 0 aromatic heterocycles. The van der Waals surface area contributed by atoms with E-state index in [0.29, 0.717) is 12.8 Å². The molecule has 0 aromatic rings. The van der Waals surface area contributed by atoms with Gasteiger partial charge in [0.2, 0.25) is 5.91 Å². The van der Waals surface area contributed by atoms with Crippen molar-refractivity contribution in [3.05, 3.63) is 97.2 Å². The van der Waals surface area contributed by atoms with Gasteiger partial charge in [-0.2, -0.15) is 0 Å². The van der Waals surface area contributed by atoms with Crippen LogP contribution in [0.15, 0.2) is 97.2 Å². The third kappa shape index (κ3) is 43.1. The summed E-state index contributed by atoms with van der Waals surface area (Å²) in [7, 11) is -4.78. The Morgan fingerprint density at radius 2 is 0.935 bits per heavy atom. The third-order valence-corrected chi connectivity index (χ3v) is 10.3. The molecule has 0 aliphatic carbocycles. The Kier molecular flexibility index (Phi) is 41.5. The van der Waals surface area contributed by atoms with Crippen molar-refractivity contribution in [3.8, 4) is 0 Å². The minimum atomic E-state index is -4.78. The Bertz CT molecular complexity index is 1410. The summed E-state index contributed by atoms with van der Waals surface area (Å²) in [4.78, 5) is 46.0. The molecule has 4 N–H and O–H groups in total. The zero-order valence-corrected chi connectivity index (χ0v) is 39.0. The summed E-state index contributed by atoms with van der Waals surface area (Å²) in [6.45, 7) is 2.40. The number of aliphatic carboxylic acids is 1. The Morgan fingerprint density at radius 1 is 0.532 bits per heavy atom. The van der Waals surface area contributed by atoms with Crippen molar-refractivity contribution >= 4 is 25.7 Å². The van der Waals surface area contributed by atoms with Crippen molar-refractivity contribution < 1.29 is 47.8 Å². The van der Waals surface area contributed by atoms with E-state index < -0.39 is 57.6 Å². The minimum absolute atomic E-state index is 0.123. The van der Waals surface area contributed by atoms with E-state index in [4.69, 9.17) is 13.8 Å². The standard InChI is InChI=1S/C50H82NO10P/c1-3-5-7-9-11-13-15-17-19-20-21-22-23-24-25-26-28-30-32-34-36-38-40-42-49(54)59-43-46(52)44-60-62(57,58)61-45-47(50(55)56)51-48(53)41-39-37-35-33-31-29-27-18-16-14-12-10-8-6-4-2/h5,7,11-14,17-19,21-22,24-25,27-28,30,46-47,52H,3-4,6,8-10,15-16,20,23,26,29,31-45H2,1-2H3,(H,51,53)(H,55,56)(H,57,58)/b7-5-,13-11-,14-12-,19-17-,22-21-,25-24-,27-18-,30-28-. The van der Waals surface area contributed by atoms with Crippen LogP contribution in [0.2, 0.25) is 0 Å². The largest absolute Gasteiger partial charge is 0.480 e. The van der Waals surface area contributed by atoms with Crippen LogP contribution in [0.25, 0.3) is 0 Å². The molecule has 0 aliphatic heterocycles. The van der Waals surface area contributed by atoms with Crippen LogP contribution in [-0.4, -0.2) is 64.9 Å². The van der Waals surface area contributed by atoms with E-state index in [1.54, 1.807) is 0 Å². The van der Waals surface area contributed by atoms with Gasteiger partial charge in [-0.15, -0.1) is 0 Å². The highest BCUT2D eigenvalue weighted by molar-refractivity contribution is 7.47. The molecule has 0 aromatic carbocycles. The number of aliphatic hydroxyl groups is 1. The molecule has 0 spiro atoms. The molecule has 0 fully saturated rings. The number of carbonyl (C=O) groups excluding carboxylic acids is 2. The Hall–Kier alpha value is -3.60. The summed E-state index contributed by atoms with van der Waals surface area (Å²) < 4.78 is 26.8. The molecular formula is C50H82NO10P. The van der Waals surface area contributed by atoms with Crippen molar-refractivity contribution in [2.45, 2.75) is 180 Å². The van der Waals surface area contributed by atoms with Gasteiger partial charge in [-0.05, 0) is 96.3 Å². The van der Waals surface area contributed by atoms with Crippen LogP contribution < -0.4 is 5.32 Å².